The molecule has 0 aromatic heterocycles. The fourth-order valence-corrected chi connectivity index (χ4v) is 4.12. The van der Waals surface area contributed by atoms with Gasteiger partial charge in [0, 0.05) is 11.8 Å². The predicted octanol–water partition coefficient (Wildman–Crippen LogP) is 5.21. The maximum atomic E-state index is 12.8. The van der Waals surface area contributed by atoms with Crippen LogP contribution in [0, 0.1) is 18.3 Å². The first-order valence-corrected chi connectivity index (χ1v) is 11.4. The fraction of sp³-hybridized carbons (Fsp3) is 0.407. The third-order valence-corrected chi connectivity index (χ3v) is 5.99. The Morgan fingerprint density at radius 3 is 2.59 bits per heavy atom. The van der Waals surface area contributed by atoms with E-state index in [1.54, 1.807) is 0 Å². The highest BCUT2D eigenvalue weighted by Crippen LogP contribution is 2.27. The van der Waals surface area contributed by atoms with Crippen LogP contribution < -0.4 is 15.4 Å². The molecule has 3 rings (SSSR count). The third kappa shape index (κ3) is 5.70. The molecular formula is C27H33N3O2. The monoisotopic (exact) mass is 431 g/mol. The SMILES string of the molecule is CCOc1ccc(C)cc1C(C)N/C=C(/C#N)C(=O)NC(C)c1ccc2c(c1)CCCC2. The Morgan fingerprint density at radius 2 is 1.88 bits per heavy atom. The molecule has 0 fully saturated rings. The Morgan fingerprint density at radius 1 is 1.12 bits per heavy atom. The van der Waals surface area contributed by atoms with Crippen LogP contribution >= 0.6 is 0 Å². The Balaban J connectivity index is 1.68. The van der Waals surface area contributed by atoms with E-state index in [-0.39, 0.29) is 23.6 Å². The van der Waals surface area contributed by atoms with Crippen LogP contribution in [0.25, 0.3) is 0 Å². The van der Waals surface area contributed by atoms with Crippen molar-refractivity contribution >= 4 is 5.91 Å². The first-order valence-electron chi connectivity index (χ1n) is 11.4. The maximum Gasteiger partial charge on any atom is 0.263 e. The van der Waals surface area contributed by atoms with Crippen LogP contribution in [0.3, 0.4) is 0 Å². The second kappa shape index (κ2) is 10.9. The molecule has 1 amide bonds. The van der Waals surface area contributed by atoms with Crippen molar-refractivity contribution in [3.05, 3.63) is 76.0 Å². The Labute approximate surface area is 191 Å². The van der Waals surface area contributed by atoms with E-state index < -0.39 is 0 Å². The van der Waals surface area contributed by atoms with E-state index >= 15 is 0 Å². The van der Waals surface area contributed by atoms with Crippen molar-refractivity contribution in [2.45, 2.75) is 65.5 Å². The van der Waals surface area contributed by atoms with Gasteiger partial charge in [-0.3, -0.25) is 4.79 Å². The van der Waals surface area contributed by atoms with E-state index in [2.05, 4.69) is 34.9 Å². The molecule has 32 heavy (non-hydrogen) atoms. The van der Waals surface area contributed by atoms with Gasteiger partial charge in [0.2, 0.25) is 0 Å². The molecule has 2 N–H and O–H groups in total. The quantitative estimate of drug-likeness (QED) is 0.445. The van der Waals surface area contributed by atoms with E-state index in [0.717, 1.165) is 35.3 Å². The van der Waals surface area contributed by atoms with Gasteiger partial charge < -0.3 is 15.4 Å². The number of hydrogen-bond donors (Lipinski definition) is 2. The molecule has 2 unspecified atom stereocenters. The summed E-state index contributed by atoms with van der Waals surface area (Å²) in [6, 6.07) is 14.2. The number of carbonyl (C=O) groups excluding carboxylic acids is 1. The van der Waals surface area contributed by atoms with Gasteiger partial charge in [-0.15, -0.1) is 0 Å². The molecule has 2 aromatic rings. The summed E-state index contributed by atoms with van der Waals surface area (Å²) in [6.07, 6.45) is 6.19. The van der Waals surface area contributed by atoms with E-state index in [0.29, 0.717) is 6.61 Å². The van der Waals surface area contributed by atoms with Gasteiger partial charge >= 0.3 is 0 Å². The summed E-state index contributed by atoms with van der Waals surface area (Å²) in [7, 11) is 0. The van der Waals surface area contributed by atoms with Gasteiger partial charge in [-0.2, -0.15) is 5.26 Å². The first-order chi connectivity index (χ1) is 15.4. The molecular weight excluding hydrogens is 398 g/mol. The highest BCUT2D eigenvalue weighted by molar-refractivity contribution is 5.97. The summed E-state index contributed by atoms with van der Waals surface area (Å²) in [6.45, 7) is 8.48. The molecule has 5 heteroatoms. The number of ether oxygens (including phenoxy) is 1. The number of benzene rings is 2. The van der Waals surface area contributed by atoms with Crippen LogP contribution in [0.4, 0.5) is 0 Å². The standard InChI is InChI=1S/C27H33N3O2/c1-5-32-26-13-10-18(2)14-25(26)20(4)29-17-24(16-28)27(31)30-19(3)22-12-11-21-8-6-7-9-23(21)15-22/h10-15,17,19-20,29H,5-9H2,1-4H3,(H,30,31)/b24-17-. The molecule has 0 spiro atoms. The van der Waals surface area contributed by atoms with Crippen molar-refractivity contribution in [3.8, 4) is 11.8 Å². The van der Waals surface area contributed by atoms with Crippen molar-refractivity contribution in [1.82, 2.24) is 10.6 Å². The number of nitriles is 1. The van der Waals surface area contributed by atoms with Crippen molar-refractivity contribution in [1.29, 1.82) is 5.26 Å². The average Bonchev–Trinajstić information content (AvgIpc) is 2.80. The first kappa shape index (κ1) is 23.4. The maximum absolute atomic E-state index is 12.8. The Bertz CT molecular complexity index is 1040. The Hall–Kier alpha value is -3.26. The minimum atomic E-state index is -0.383. The predicted molar refractivity (Wildman–Crippen MR) is 127 cm³/mol. The summed E-state index contributed by atoms with van der Waals surface area (Å²) in [5.74, 6) is 0.419. The second-order valence-corrected chi connectivity index (χ2v) is 8.46. The normalized spacial score (nSPS) is 15.2. The van der Waals surface area contributed by atoms with Gasteiger partial charge in [0.1, 0.15) is 17.4 Å². The van der Waals surface area contributed by atoms with Gasteiger partial charge in [-0.25, -0.2) is 0 Å². The molecule has 0 saturated heterocycles. The van der Waals surface area contributed by atoms with E-state index in [1.807, 2.05) is 45.9 Å². The van der Waals surface area contributed by atoms with Crippen LogP contribution in [-0.4, -0.2) is 12.5 Å². The molecule has 5 nitrogen and oxygen atoms in total. The molecule has 0 radical (unpaired) electrons. The van der Waals surface area contributed by atoms with Crippen molar-refractivity contribution in [3.63, 3.8) is 0 Å². The van der Waals surface area contributed by atoms with Crippen LogP contribution in [0.5, 0.6) is 5.75 Å². The Kier molecular flexibility index (Phi) is 7.94. The average molecular weight is 432 g/mol. The lowest BCUT2D eigenvalue weighted by molar-refractivity contribution is -0.117. The molecule has 1 aliphatic carbocycles. The van der Waals surface area contributed by atoms with Crippen molar-refractivity contribution in [2.24, 2.45) is 0 Å². The zero-order valence-electron chi connectivity index (χ0n) is 19.5. The summed E-state index contributed by atoms with van der Waals surface area (Å²) >= 11 is 0. The van der Waals surface area contributed by atoms with Gasteiger partial charge in [0.05, 0.1) is 18.7 Å². The summed E-state index contributed by atoms with van der Waals surface area (Å²) in [5, 5.41) is 15.7. The van der Waals surface area contributed by atoms with Crippen molar-refractivity contribution in [2.75, 3.05) is 6.61 Å². The zero-order chi connectivity index (χ0) is 23.1. The van der Waals surface area contributed by atoms with E-state index in [4.69, 9.17) is 4.74 Å². The largest absolute Gasteiger partial charge is 0.494 e. The smallest absolute Gasteiger partial charge is 0.263 e. The molecule has 168 valence electrons. The van der Waals surface area contributed by atoms with Gasteiger partial charge in [0.15, 0.2) is 0 Å². The lowest BCUT2D eigenvalue weighted by Gasteiger charge is -2.20. The number of carbonyl (C=O) groups is 1. The molecule has 0 saturated carbocycles. The topological polar surface area (TPSA) is 74.1 Å². The minimum Gasteiger partial charge on any atom is -0.494 e. The lowest BCUT2D eigenvalue weighted by atomic mass is 9.89. The van der Waals surface area contributed by atoms with Crippen LogP contribution in [-0.2, 0) is 17.6 Å². The van der Waals surface area contributed by atoms with Crippen LogP contribution in [0.15, 0.2) is 48.2 Å². The molecule has 1 aliphatic rings. The van der Waals surface area contributed by atoms with Crippen LogP contribution in [0.2, 0.25) is 0 Å². The number of rotatable bonds is 8. The lowest BCUT2D eigenvalue weighted by Crippen LogP contribution is -2.29. The summed E-state index contributed by atoms with van der Waals surface area (Å²) < 4.78 is 5.73. The van der Waals surface area contributed by atoms with Crippen molar-refractivity contribution < 1.29 is 9.53 Å². The van der Waals surface area contributed by atoms with E-state index in [1.165, 1.54) is 30.2 Å². The minimum absolute atomic E-state index is 0.0484. The zero-order valence-corrected chi connectivity index (χ0v) is 19.5. The molecule has 2 aromatic carbocycles. The van der Waals surface area contributed by atoms with Gasteiger partial charge in [-0.05, 0) is 76.1 Å². The van der Waals surface area contributed by atoms with Gasteiger partial charge in [0.25, 0.3) is 5.91 Å². The highest BCUT2D eigenvalue weighted by Gasteiger charge is 2.17. The molecule has 0 bridgehead atoms. The number of nitrogens with one attached hydrogen (secondary N) is 2. The number of aryl methyl sites for hydroxylation is 3. The molecule has 2 atom stereocenters. The second-order valence-electron chi connectivity index (χ2n) is 8.46. The fourth-order valence-electron chi connectivity index (χ4n) is 4.12. The summed E-state index contributed by atoms with van der Waals surface area (Å²) in [5.41, 5.74) is 6.02. The molecule has 0 aliphatic heterocycles. The number of amides is 1. The number of nitrogens with zero attached hydrogens (tertiary/aromatic N) is 1. The van der Waals surface area contributed by atoms with E-state index in [9.17, 15) is 10.1 Å². The summed E-state index contributed by atoms with van der Waals surface area (Å²) in [4.78, 5) is 12.8. The molecule has 0 heterocycles. The number of fused-ring (bicyclic) bond motifs is 1. The van der Waals surface area contributed by atoms with Crippen LogP contribution in [0.1, 0.15) is 73.5 Å². The third-order valence-electron chi connectivity index (χ3n) is 5.99. The highest BCUT2D eigenvalue weighted by atomic mass is 16.5. The van der Waals surface area contributed by atoms with Gasteiger partial charge in [-0.1, -0.05) is 35.9 Å². The number of hydrogen-bond acceptors (Lipinski definition) is 4.